The van der Waals surface area contributed by atoms with Gasteiger partial charge in [0.2, 0.25) is 5.91 Å². The van der Waals surface area contributed by atoms with E-state index in [0.717, 1.165) is 11.3 Å². The number of carbonyl (C=O) groups is 1. The van der Waals surface area contributed by atoms with Crippen molar-refractivity contribution in [3.05, 3.63) is 59.7 Å². The Hall–Kier alpha value is -2.33. The van der Waals surface area contributed by atoms with Crippen LogP contribution in [0.1, 0.15) is 30.1 Å². The van der Waals surface area contributed by atoms with Gasteiger partial charge in [-0.1, -0.05) is 36.4 Å². The molecule has 2 unspecified atom stereocenters. The molecule has 1 heterocycles. The van der Waals surface area contributed by atoms with Gasteiger partial charge in [0.25, 0.3) is 0 Å². The fourth-order valence-electron chi connectivity index (χ4n) is 2.57. The lowest BCUT2D eigenvalue weighted by molar-refractivity contribution is -0.117. The van der Waals surface area contributed by atoms with Gasteiger partial charge in [0.1, 0.15) is 18.3 Å². The molecule has 0 aliphatic carbocycles. The van der Waals surface area contributed by atoms with Crippen LogP contribution >= 0.6 is 0 Å². The summed E-state index contributed by atoms with van der Waals surface area (Å²) in [6, 6.07) is 14.8. The van der Waals surface area contributed by atoms with Crippen LogP contribution in [0.5, 0.6) is 5.75 Å². The van der Waals surface area contributed by atoms with Crippen molar-refractivity contribution in [3.63, 3.8) is 0 Å². The number of rotatable bonds is 3. The number of hydrogen-bond acceptors (Lipinski definition) is 3. The molecule has 4 nitrogen and oxygen atoms in total. The van der Waals surface area contributed by atoms with Crippen molar-refractivity contribution in [1.82, 2.24) is 0 Å². The highest BCUT2D eigenvalue weighted by molar-refractivity contribution is 5.97. The van der Waals surface area contributed by atoms with E-state index in [1.165, 1.54) is 0 Å². The van der Waals surface area contributed by atoms with Gasteiger partial charge >= 0.3 is 0 Å². The molecule has 0 saturated carbocycles. The van der Waals surface area contributed by atoms with E-state index in [4.69, 9.17) is 4.74 Å². The second kappa shape index (κ2) is 5.58. The molecule has 0 radical (unpaired) electrons. The first kappa shape index (κ1) is 13.6. The number of aliphatic hydroxyl groups excluding tert-OH is 1. The van der Waals surface area contributed by atoms with E-state index >= 15 is 0 Å². The number of anilines is 1. The average molecular weight is 283 g/mol. The molecular weight excluding hydrogens is 266 g/mol. The van der Waals surface area contributed by atoms with Crippen LogP contribution in [-0.2, 0) is 4.79 Å². The number of amides is 1. The highest BCUT2D eigenvalue weighted by atomic mass is 16.5. The monoisotopic (exact) mass is 283 g/mol. The highest BCUT2D eigenvalue weighted by Gasteiger charge is 2.30. The van der Waals surface area contributed by atoms with Crippen molar-refractivity contribution >= 4 is 11.6 Å². The molecule has 21 heavy (non-hydrogen) atoms. The van der Waals surface area contributed by atoms with Crippen molar-refractivity contribution in [3.8, 4) is 5.75 Å². The van der Waals surface area contributed by atoms with Crippen LogP contribution in [0.3, 0.4) is 0 Å². The van der Waals surface area contributed by atoms with Crippen molar-refractivity contribution in [2.24, 2.45) is 0 Å². The van der Waals surface area contributed by atoms with E-state index in [0.29, 0.717) is 17.9 Å². The summed E-state index contributed by atoms with van der Waals surface area (Å²) in [6.07, 6.45) is -0.631. The number of nitrogens with one attached hydrogen (secondary N) is 1. The van der Waals surface area contributed by atoms with Crippen molar-refractivity contribution < 1.29 is 14.6 Å². The van der Waals surface area contributed by atoms with E-state index in [1.54, 1.807) is 19.1 Å². The molecule has 0 saturated heterocycles. The van der Waals surface area contributed by atoms with Gasteiger partial charge in [0.05, 0.1) is 6.10 Å². The molecule has 2 aromatic carbocycles. The van der Waals surface area contributed by atoms with Crippen LogP contribution in [0.15, 0.2) is 48.5 Å². The van der Waals surface area contributed by atoms with Crippen LogP contribution in [0.2, 0.25) is 0 Å². The van der Waals surface area contributed by atoms with Gasteiger partial charge in [-0.25, -0.2) is 0 Å². The van der Waals surface area contributed by atoms with Crippen LogP contribution in [0.25, 0.3) is 0 Å². The Morgan fingerprint density at radius 1 is 1.24 bits per heavy atom. The average Bonchev–Trinajstić information content (AvgIpc) is 2.91. The minimum Gasteiger partial charge on any atom is -0.492 e. The first-order valence-corrected chi connectivity index (χ1v) is 6.96. The van der Waals surface area contributed by atoms with Gasteiger partial charge in [0.15, 0.2) is 0 Å². The quantitative estimate of drug-likeness (QED) is 0.910. The smallest absolute Gasteiger partial charge is 0.235 e. The third-order valence-electron chi connectivity index (χ3n) is 3.69. The number of ether oxygens (including phenoxy) is 1. The van der Waals surface area contributed by atoms with E-state index < -0.39 is 6.10 Å². The van der Waals surface area contributed by atoms with Crippen LogP contribution in [-0.4, -0.2) is 17.6 Å². The van der Waals surface area contributed by atoms with Crippen molar-refractivity contribution in [2.45, 2.75) is 18.9 Å². The minimum atomic E-state index is -0.631. The first-order valence-electron chi connectivity index (χ1n) is 6.96. The summed E-state index contributed by atoms with van der Waals surface area (Å²) in [6.45, 7) is 2.03. The zero-order valence-corrected chi connectivity index (χ0v) is 11.7. The third kappa shape index (κ3) is 2.62. The summed E-state index contributed by atoms with van der Waals surface area (Å²) in [7, 11) is 0. The maximum Gasteiger partial charge on any atom is 0.235 e. The minimum absolute atomic E-state index is 0.118. The molecule has 0 spiro atoms. The van der Waals surface area contributed by atoms with Crippen LogP contribution in [0.4, 0.5) is 5.69 Å². The van der Waals surface area contributed by atoms with Gasteiger partial charge in [0, 0.05) is 16.8 Å². The Labute approximate surface area is 123 Å². The Kier molecular flexibility index (Phi) is 3.62. The largest absolute Gasteiger partial charge is 0.492 e. The van der Waals surface area contributed by atoms with Gasteiger partial charge in [-0.15, -0.1) is 0 Å². The van der Waals surface area contributed by atoms with E-state index in [-0.39, 0.29) is 11.8 Å². The molecule has 1 aliphatic rings. The number of para-hydroxylation sites is 2. The zero-order chi connectivity index (χ0) is 14.8. The molecule has 0 bridgehead atoms. The second-order valence-electron chi connectivity index (χ2n) is 5.15. The molecule has 0 fully saturated rings. The third-order valence-corrected chi connectivity index (χ3v) is 3.69. The summed E-state index contributed by atoms with van der Waals surface area (Å²) in [4.78, 5) is 12.5. The molecule has 1 amide bonds. The standard InChI is InChI=1S/C17H17NO3/c1-11(19)12-6-2-4-8-15(12)18-17(20)14-10-21-16-9-5-3-7-13(14)16/h2-9,11,14,19H,10H2,1H3,(H,18,20). The summed E-state index contributed by atoms with van der Waals surface area (Å²) in [5.41, 5.74) is 2.25. The summed E-state index contributed by atoms with van der Waals surface area (Å²) < 4.78 is 5.54. The molecule has 1 aliphatic heterocycles. The van der Waals surface area contributed by atoms with Crippen molar-refractivity contribution in [2.75, 3.05) is 11.9 Å². The molecule has 108 valence electrons. The Bertz CT molecular complexity index is 667. The summed E-state index contributed by atoms with van der Waals surface area (Å²) in [5, 5.41) is 12.7. The maximum absolute atomic E-state index is 12.5. The van der Waals surface area contributed by atoms with Crippen LogP contribution < -0.4 is 10.1 Å². The number of hydrogen-bond donors (Lipinski definition) is 2. The molecule has 2 N–H and O–H groups in total. The predicted molar refractivity (Wildman–Crippen MR) is 80.4 cm³/mol. The number of fused-ring (bicyclic) bond motifs is 1. The molecule has 0 aromatic heterocycles. The SMILES string of the molecule is CC(O)c1ccccc1NC(=O)C1COc2ccccc21. The predicted octanol–water partition coefficient (Wildman–Crippen LogP) is 2.85. The molecule has 4 heteroatoms. The second-order valence-corrected chi connectivity index (χ2v) is 5.15. The number of carbonyl (C=O) groups excluding carboxylic acids is 1. The van der Waals surface area contributed by atoms with Gasteiger partial charge in [-0.05, 0) is 19.1 Å². The van der Waals surface area contributed by atoms with E-state index in [9.17, 15) is 9.90 Å². The molecular formula is C17H17NO3. The normalized spacial score (nSPS) is 17.7. The molecule has 2 atom stereocenters. The zero-order valence-electron chi connectivity index (χ0n) is 11.7. The van der Waals surface area contributed by atoms with Gasteiger partial charge in [-0.2, -0.15) is 0 Å². The lowest BCUT2D eigenvalue weighted by Gasteiger charge is -2.15. The summed E-state index contributed by atoms with van der Waals surface area (Å²) in [5.74, 6) is 0.331. The number of aliphatic hydroxyl groups is 1. The fourth-order valence-corrected chi connectivity index (χ4v) is 2.57. The topological polar surface area (TPSA) is 58.6 Å². The van der Waals surface area contributed by atoms with E-state index in [2.05, 4.69) is 5.32 Å². The summed E-state index contributed by atoms with van der Waals surface area (Å²) >= 11 is 0. The Morgan fingerprint density at radius 2 is 1.95 bits per heavy atom. The fraction of sp³-hybridized carbons (Fsp3) is 0.235. The van der Waals surface area contributed by atoms with Gasteiger partial charge in [-0.3, -0.25) is 4.79 Å². The lowest BCUT2D eigenvalue weighted by atomic mass is 10.00. The number of benzene rings is 2. The maximum atomic E-state index is 12.5. The highest BCUT2D eigenvalue weighted by Crippen LogP contribution is 2.34. The van der Waals surface area contributed by atoms with Gasteiger partial charge < -0.3 is 15.2 Å². The van der Waals surface area contributed by atoms with Crippen LogP contribution in [0, 0.1) is 0 Å². The Balaban J connectivity index is 1.82. The molecule has 2 aromatic rings. The lowest BCUT2D eigenvalue weighted by Crippen LogP contribution is -2.23. The molecule has 3 rings (SSSR count). The van der Waals surface area contributed by atoms with Crippen molar-refractivity contribution in [1.29, 1.82) is 0 Å². The first-order chi connectivity index (χ1) is 10.2. The van der Waals surface area contributed by atoms with E-state index in [1.807, 2.05) is 36.4 Å². The Morgan fingerprint density at radius 3 is 2.76 bits per heavy atom.